The Hall–Kier alpha value is -0.530. The maximum atomic E-state index is 3.81. The molecule has 2 nitrogen and oxygen atoms in total. The molecular formula is C6H12N2. The van der Waals surface area contributed by atoms with Gasteiger partial charge in [-0.05, 0) is 12.3 Å². The zero-order valence-electron chi connectivity index (χ0n) is 5.39. The third kappa shape index (κ3) is 1.22. The number of rotatable bonds is 2. The van der Waals surface area contributed by atoms with Crippen LogP contribution in [-0.2, 0) is 0 Å². The van der Waals surface area contributed by atoms with Gasteiger partial charge in [-0.15, -0.1) is 0 Å². The van der Waals surface area contributed by atoms with Gasteiger partial charge in [-0.2, -0.15) is 0 Å². The summed E-state index contributed by atoms with van der Waals surface area (Å²) < 4.78 is 0. The van der Waals surface area contributed by atoms with Crippen LogP contribution < -0.4 is 5.32 Å². The van der Waals surface area contributed by atoms with Crippen molar-refractivity contribution < 1.29 is 0 Å². The second-order valence-corrected chi connectivity index (χ2v) is 2.37. The van der Waals surface area contributed by atoms with Gasteiger partial charge in [0.1, 0.15) is 0 Å². The third-order valence-electron chi connectivity index (χ3n) is 1.53. The predicted octanol–water partition coefficient (Wildman–Crippen LogP) is 0.643. The summed E-state index contributed by atoms with van der Waals surface area (Å²) in [5.41, 5.74) is 0. The Labute approximate surface area is 50.0 Å². The standard InChI is InChI=1S/C6H12N2/c1-5-3-6(5)8-4-7-2/h4-6H,3H2,1-2H3,(H,7,8). The maximum Gasteiger partial charge on any atom is 0.0822 e. The van der Waals surface area contributed by atoms with Gasteiger partial charge in [0.15, 0.2) is 0 Å². The van der Waals surface area contributed by atoms with Crippen LogP contribution in [0.15, 0.2) is 4.99 Å². The summed E-state index contributed by atoms with van der Waals surface area (Å²) in [6.07, 6.45) is 3.08. The Bertz CT molecular complexity index is 98.7. The summed E-state index contributed by atoms with van der Waals surface area (Å²) in [6, 6.07) is 0.721. The summed E-state index contributed by atoms with van der Waals surface area (Å²) >= 11 is 0. The van der Waals surface area contributed by atoms with E-state index in [1.807, 2.05) is 0 Å². The molecule has 46 valence electrons. The van der Waals surface area contributed by atoms with Crippen LogP contribution >= 0.6 is 0 Å². The fourth-order valence-corrected chi connectivity index (χ4v) is 0.725. The molecule has 1 fully saturated rings. The monoisotopic (exact) mass is 112 g/mol. The average Bonchev–Trinajstić information content (AvgIpc) is 2.42. The molecule has 0 saturated heterocycles. The first-order chi connectivity index (χ1) is 3.84. The van der Waals surface area contributed by atoms with Crippen LogP contribution in [0.25, 0.3) is 0 Å². The fourth-order valence-electron chi connectivity index (χ4n) is 0.725. The molecule has 0 amide bonds. The zero-order valence-corrected chi connectivity index (χ0v) is 5.39. The van der Waals surface area contributed by atoms with Gasteiger partial charge in [-0.1, -0.05) is 6.92 Å². The number of hydrogen-bond acceptors (Lipinski definition) is 1. The highest BCUT2D eigenvalue weighted by Gasteiger charge is 2.31. The molecule has 8 heavy (non-hydrogen) atoms. The van der Waals surface area contributed by atoms with Crippen molar-refractivity contribution in [2.24, 2.45) is 10.9 Å². The summed E-state index contributed by atoms with van der Waals surface area (Å²) in [5.74, 6) is 0.869. The molecule has 1 saturated carbocycles. The highest BCUT2D eigenvalue weighted by atomic mass is 15.0. The van der Waals surface area contributed by atoms with Crippen LogP contribution in [0.2, 0.25) is 0 Å². The van der Waals surface area contributed by atoms with Crippen LogP contribution in [0.5, 0.6) is 0 Å². The van der Waals surface area contributed by atoms with E-state index in [4.69, 9.17) is 0 Å². The van der Waals surface area contributed by atoms with Crippen LogP contribution in [-0.4, -0.2) is 19.4 Å². The van der Waals surface area contributed by atoms with E-state index >= 15 is 0 Å². The Kier molecular flexibility index (Phi) is 1.51. The van der Waals surface area contributed by atoms with Crippen LogP contribution in [0.1, 0.15) is 13.3 Å². The van der Waals surface area contributed by atoms with Crippen molar-refractivity contribution in [3.63, 3.8) is 0 Å². The molecule has 2 atom stereocenters. The number of aliphatic imine (C=N–C) groups is 1. The molecule has 1 aliphatic carbocycles. The Morgan fingerprint density at radius 1 is 1.75 bits per heavy atom. The fraction of sp³-hybridized carbons (Fsp3) is 0.833. The molecule has 2 unspecified atom stereocenters. The normalized spacial score (nSPS) is 35.8. The lowest BCUT2D eigenvalue weighted by atomic mass is 10.5. The highest BCUT2D eigenvalue weighted by molar-refractivity contribution is 5.55. The minimum absolute atomic E-state index is 0.721. The van der Waals surface area contributed by atoms with Crippen LogP contribution in [0, 0.1) is 5.92 Å². The molecular weight excluding hydrogens is 100 g/mol. The van der Waals surface area contributed by atoms with Gasteiger partial charge in [0.05, 0.1) is 6.34 Å². The quantitative estimate of drug-likeness (QED) is 0.411. The Morgan fingerprint density at radius 3 is 2.75 bits per heavy atom. The lowest BCUT2D eigenvalue weighted by Gasteiger charge is -1.91. The van der Waals surface area contributed by atoms with Crippen molar-refractivity contribution in [2.75, 3.05) is 7.05 Å². The van der Waals surface area contributed by atoms with Crippen molar-refractivity contribution in [3.8, 4) is 0 Å². The molecule has 1 N–H and O–H groups in total. The predicted molar refractivity (Wildman–Crippen MR) is 35.1 cm³/mol. The van der Waals surface area contributed by atoms with Gasteiger partial charge in [0.25, 0.3) is 0 Å². The van der Waals surface area contributed by atoms with E-state index in [9.17, 15) is 0 Å². The number of nitrogens with one attached hydrogen (secondary N) is 1. The summed E-state index contributed by atoms with van der Waals surface area (Å²) in [7, 11) is 1.78. The maximum absolute atomic E-state index is 3.81. The molecule has 0 heterocycles. The van der Waals surface area contributed by atoms with Crippen molar-refractivity contribution in [2.45, 2.75) is 19.4 Å². The molecule has 1 aliphatic rings. The van der Waals surface area contributed by atoms with E-state index in [0.717, 1.165) is 12.0 Å². The number of hydrogen-bond donors (Lipinski definition) is 1. The van der Waals surface area contributed by atoms with Gasteiger partial charge in [0.2, 0.25) is 0 Å². The van der Waals surface area contributed by atoms with Gasteiger partial charge < -0.3 is 5.32 Å². The molecule has 0 radical (unpaired) electrons. The van der Waals surface area contributed by atoms with E-state index < -0.39 is 0 Å². The zero-order chi connectivity index (χ0) is 5.98. The molecule has 0 aromatic heterocycles. The lowest BCUT2D eigenvalue weighted by molar-refractivity contribution is 0.823. The van der Waals surface area contributed by atoms with Crippen molar-refractivity contribution >= 4 is 6.34 Å². The summed E-state index contributed by atoms with van der Waals surface area (Å²) in [4.78, 5) is 3.81. The lowest BCUT2D eigenvalue weighted by Crippen LogP contribution is -2.14. The van der Waals surface area contributed by atoms with E-state index in [1.54, 1.807) is 13.4 Å². The number of nitrogens with zero attached hydrogens (tertiary/aromatic N) is 1. The SMILES string of the molecule is CN=CNC1CC1C. The third-order valence-corrected chi connectivity index (χ3v) is 1.53. The topological polar surface area (TPSA) is 24.4 Å². The molecule has 0 aliphatic heterocycles. The molecule has 1 rings (SSSR count). The minimum atomic E-state index is 0.721. The van der Waals surface area contributed by atoms with Gasteiger partial charge >= 0.3 is 0 Å². The van der Waals surface area contributed by atoms with E-state index in [1.165, 1.54) is 6.42 Å². The smallest absolute Gasteiger partial charge is 0.0822 e. The van der Waals surface area contributed by atoms with Crippen molar-refractivity contribution in [3.05, 3.63) is 0 Å². The first-order valence-electron chi connectivity index (χ1n) is 3.01. The Morgan fingerprint density at radius 2 is 2.38 bits per heavy atom. The van der Waals surface area contributed by atoms with Gasteiger partial charge in [-0.3, -0.25) is 4.99 Å². The largest absolute Gasteiger partial charge is 0.373 e. The van der Waals surface area contributed by atoms with E-state index in [2.05, 4.69) is 17.2 Å². The van der Waals surface area contributed by atoms with Gasteiger partial charge in [-0.25, -0.2) is 0 Å². The van der Waals surface area contributed by atoms with E-state index in [-0.39, 0.29) is 0 Å². The van der Waals surface area contributed by atoms with Crippen LogP contribution in [0.4, 0.5) is 0 Å². The minimum Gasteiger partial charge on any atom is -0.373 e. The molecule has 0 spiro atoms. The van der Waals surface area contributed by atoms with E-state index in [0.29, 0.717) is 0 Å². The molecule has 0 aromatic rings. The summed E-state index contributed by atoms with van der Waals surface area (Å²) in [5, 5.41) is 3.16. The second kappa shape index (κ2) is 2.16. The molecule has 2 heteroatoms. The summed E-state index contributed by atoms with van der Waals surface area (Å²) in [6.45, 7) is 2.24. The van der Waals surface area contributed by atoms with Crippen molar-refractivity contribution in [1.82, 2.24) is 5.32 Å². The van der Waals surface area contributed by atoms with Crippen LogP contribution in [0.3, 0.4) is 0 Å². The molecule has 0 bridgehead atoms. The van der Waals surface area contributed by atoms with Gasteiger partial charge in [0, 0.05) is 13.1 Å². The first kappa shape index (κ1) is 5.60. The molecule has 0 aromatic carbocycles. The average molecular weight is 112 g/mol. The second-order valence-electron chi connectivity index (χ2n) is 2.37. The first-order valence-corrected chi connectivity index (χ1v) is 3.01. The Balaban J connectivity index is 2.05. The van der Waals surface area contributed by atoms with Crippen molar-refractivity contribution in [1.29, 1.82) is 0 Å². The highest BCUT2D eigenvalue weighted by Crippen LogP contribution is 2.28.